The summed E-state index contributed by atoms with van der Waals surface area (Å²) in [5, 5.41) is 10.8. The normalized spacial score (nSPS) is 17.1. The zero-order chi connectivity index (χ0) is 15.7. The largest absolute Gasteiger partial charge is 0.341 e. The summed E-state index contributed by atoms with van der Waals surface area (Å²) in [4.78, 5) is 14.3. The van der Waals surface area contributed by atoms with Gasteiger partial charge in [0.1, 0.15) is 5.82 Å². The van der Waals surface area contributed by atoms with E-state index < -0.39 is 0 Å². The summed E-state index contributed by atoms with van der Waals surface area (Å²) in [5.41, 5.74) is 2.74. The first-order valence-corrected chi connectivity index (χ1v) is 7.91. The summed E-state index contributed by atoms with van der Waals surface area (Å²) in [6, 6.07) is 4.51. The summed E-state index contributed by atoms with van der Waals surface area (Å²) in [6.07, 6.45) is 2.18. The summed E-state index contributed by atoms with van der Waals surface area (Å²) < 4.78 is 13.8. The number of benzene rings is 1. The van der Waals surface area contributed by atoms with Crippen molar-refractivity contribution < 1.29 is 9.18 Å². The van der Waals surface area contributed by atoms with Gasteiger partial charge < -0.3 is 4.90 Å². The number of aromatic amines is 1. The van der Waals surface area contributed by atoms with Crippen molar-refractivity contribution >= 4 is 21.8 Å². The van der Waals surface area contributed by atoms with Crippen LogP contribution in [0.15, 0.2) is 22.7 Å². The molecule has 0 saturated heterocycles. The lowest BCUT2D eigenvalue weighted by atomic mass is 9.89. The highest BCUT2D eigenvalue weighted by molar-refractivity contribution is 9.10. The van der Waals surface area contributed by atoms with Gasteiger partial charge >= 0.3 is 0 Å². The Morgan fingerprint density at radius 3 is 3.00 bits per heavy atom. The zero-order valence-electron chi connectivity index (χ0n) is 12.1. The molecule has 5 nitrogen and oxygen atoms in total. The van der Waals surface area contributed by atoms with Crippen LogP contribution in [-0.2, 0) is 24.2 Å². The average molecular weight is 367 g/mol. The lowest BCUT2D eigenvalue weighted by Crippen LogP contribution is -2.35. The molecule has 1 N–H and O–H groups in total. The fourth-order valence-electron chi connectivity index (χ4n) is 2.79. The molecule has 1 aliphatic rings. The third-order valence-corrected chi connectivity index (χ3v) is 4.76. The van der Waals surface area contributed by atoms with Crippen LogP contribution in [0.1, 0.15) is 23.4 Å². The molecule has 1 aromatic carbocycles. The zero-order valence-corrected chi connectivity index (χ0v) is 13.7. The van der Waals surface area contributed by atoms with E-state index in [0.717, 1.165) is 29.8 Å². The van der Waals surface area contributed by atoms with Crippen molar-refractivity contribution in [3.63, 3.8) is 0 Å². The van der Waals surface area contributed by atoms with Gasteiger partial charge in [-0.15, -0.1) is 0 Å². The van der Waals surface area contributed by atoms with Crippen molar-refractivity contribution in [1.29, 1.82) is 0 Å². The molecule has 3 rings (SSSR count). The maximum Gasteiger partial charge on any atom is 0.226 e. The van der Waals surface area contributed by atoms with Crippen LogP contribution in [0.5, 0.6) is 0 Å². The van der Waals surface area contributed by atoms with Gasteiger partial charge in [-0.05, 0) is 30.5 Å². The molecule has 0 spiro atoms. The number of aryl methyl sites for hydroxylation is 1. The number of halogens is 2. The summed E-state index contributed by atoms with van der Waals surface area (Å²) in [6.45, 7) is 0.446. The maximum absolute atomic E-state index is 13.1. The number of hydrogen-bond acceptors (Lipinski definition) is 3. The Morgan fingerprint density at radius 2 is 2.23 bits per heavy atom. The molecule has 7 heteroatoms. The first kappa shape index (κ1) is 15.1. The SMILES string of the molecule is CN(Cc1ccc(F)cc1Br)C(=O)C1CCc2n[nH]nc2C1. The topological polar surface area (TPSA) is 61.9 Å². The highest BCUT2D eigenvalue weighted by Crippen LogP contribution is 2.25. The number of carbonyl (C=O) groups is 1. The van der Waals surface area contributed by atoms with Crippen molar-refractivity contribution in [3.05, 3.63) is 45.4 Å². The van der Waals surface area contributed by atoms with Crippen molar-refractivity contribution in [3.8, 4) is 0 Å². The molecular formula is C15H16BrFN4O. The molecule has 2 aromatic rings. The second-order valence-corrected chi connectivity index (χ2v) is 6.44. The van der Waals surface area contributed by atoms with Crippen molar-refractivity contribution in [1.82, 2.24) is 20.3 Å². The highest BCUT2D eigenvalue weighted by Gasteiger charge is 2.29. The van der Waals surface area contributed by atoms with Crippen molar-refractivity contribution in [2.24, 2.45) is 5.92 Å². The van der Waals surface area contributed by atoms with Gasteiger partial charge in [0, 0.05) is 30.4 Å². The van der Waals surface area contributed by atoms with E-state index in [4.69, 9.17) is 0 Å². The Balaban J connectivity index is 1.67. The third-order valence-electron chi connectivity index (χ3n) is 4.02. The van der Waals surface area contributed by atoms with Crippen molar-refractivity contribution in [2.45, 2.75) is 25.8 Å². The Labute approximate surface area is 136 Å². The second kappa shape index (κ2) is 6.16. The molecule has 1 unspecified atom stereocenters. The summed E-state index contributed by atoms with van der Waals surface area (Å²) in [7, 11) is 1.77. The van der Waals surface area contributed by atoms with Gasteiger partial charge in [-0.2, -0.15) is 15.4 Å². The van der Waals surface area contributed by atoms with Crippen LogP contribution in [0.25, 0.3) is 0 Å². The molecule has 0 aliphatic heterocycles. The first-order chi connectivity index (χ1) is 10.5. The number of nitrogens with one attached hydrogen (secondary N) is 1. The fraction of sp³-hybridized carbons (Fsp3) is 0.400. The fourth-order valence-corrected chi connectivity index (χ4v) is 3.27. The van der Waals surface area contributed by atoms with Crippen molar-refractivity contribution in [2.75, 3.05) is 7.05 Å². The van der Waals surface area contributed by atoms with E-state index in [1.807, 2.05) is 0 Å². The van der Waals surface area contributed by atoms with Gasteiger partial charge in [0.2, 0.25) is 5.91 Å². The predicted molar refractivity (Wildman–Crippen MR) is 82.5 cm³/mol. The molecule has 1 heterocycles. The Kier molecular flexibility index (Phi) is 4.24. The Morgan fingerprint density at radius 1 is 1.45 bits per heavy atom. The van der Waals surface area contributed by atoms with Crippen LogP contribution in [0.3, 0.4) is 0 Å². The van der Waals surface area contributed by atoms with Gasteiger partial charge in [0.15, 0.2) is 0 Å². The van der Waals surface area contributed by atoms with Crippen LogP contribution in [-0.4, -0.2) is 33.3 Å². The minimum absolute atomic E-state index is 0.0678. The van der Waals surface area contributed by atoms with Crippen LogP contribution < -0.4 is 0 Å². The molecule has 1 aliphatic carbocycles. The molecule has 0 fully saturated rings. The van der Waals surface area contributed by atoms with E-state index in [1.165, 1.54) is 12.1 Å². The lowest BCUT2D eigenvalue weighted by molar-refractivity contribution is -0.135. The van der Waals surface area contributed by atoms with Crippen LogP contribution >= 0.6 is 15.9 Å². The minimum atomic E-state index is -0.296. The predicted octanol–water partition coefficient (Wildman–Crippen LogP) is 2.47. The Bertz CT molecular complexity index is 703. The number of amides is 1. The van der Waals surface area contributed by atoms with Crippen LogP contribution in [0.2, 0.25) is 0 Å². The van der Waals surface area contributed by atoms with Gasteiger partial charge in [-0.25, -0.2) is 4.39 Å². The van der Waals surface area contributed by atoms with E-state index >= 15 is 0 Å². The molecule has 0 bridgehead atoms. The van der Waals surface area contributed by atoms with E-state index in [-0.39, 0.29) is 17.6 Å². The summed E-state index contributed by atoms with van der Waals surface area (Å²) >= 11 is 3.34. The third kappa shape index (κ3) is 3.04. The van der Waals surface area contributed by atoms with Crippen LogP contribution in [0, 0.1) is 11.7 Å². The van der Waals surface area contributed by atoms with E-state index in [9.17, 15) is 9.18 Å². The summed E-state index contributed by atoms with van der Waals surface area (Å²) in [5.74, 6) is -0.276. The number of nitrogens with zero attached hydrogens (tertiary/aromatic N) is 3. The smallest absolute Gasteiger partial charge is 0.226 e. The van der Waals surface area contributed by atoms with Gasteiger partial charge in [-0.1, -0.05) is 22.0 Å². The van der Waals surface area contributed by atoms with Crippen LogP contribution in [0.4, 0.5) is 4.39 Å². The molecule has 22 heavy (non-hydrogen) atoms. The molecular weight excluding hydrogens is 351 g/mol. The molecule has 1 amide bonds. The number of H-pyrrole nitrogens is 1. The monoisotopic (exact) mass is 366 g/mol. The number of hydrogen-bond donors (Lipinski definition) is 1. The molecule has 116 valence electrons. The van der Waals surface area contributed by atoms with E-state index in [1.54, 1.807) is 18.0 Å². The number of fused-ring (bicyclic) bond motifs is 1. The quantitative estimate of drug-likeness (QED) is 0.907. The maximum atomic E-state index is 13.1. The number of rotatable bonds is 3. The number of carbonyl (C=O) groups excluding carboxylic acids is 1. The second-order valence-electron chi connectivity index (χ2n) is 5.59. The standard InChI is InChI=1S/C15H16BrFN4O/c1-21(8-10-2-4-11(17)7-12(10)16)15(22)9-3-5-13-14(6-9)19-20-18-13/h2,4,7,9H,3,5-6,8H2,1H3,(H,18,19,20). The van der Waals surface area contributed by atoms with Gasteiger partial charge in [-0.3, -0.25) is 4.79 Å². The molecule has 1 atom stereocenters. The highest BCUT2D eigenvalue weighted by atomic mass is 79.9. The van der Waals surface area contributed by atoms with E-state index in [2.05, 4.69) is 31.3 Å². The number of aromatic nitrogens is 3. The first-order valence-electron chi connectivity index (χ1n) is 7.12. The van der Waals surface area contributed by atoms with Gasteiger partial charge in [0.25, 0.3) is 0 Å². The molecule has 0 radical (unpaired) electrons. The average Bonchev–Trinajstić information content (AvgIpc) is 2.96. The Hall–Kier alpha value is -1.76. The lowest BCUT2D eigenvalue weighted by Gasteiger charge is -2.26. The molecule has 1 aromatic heterocycles. The molecule has 0 saturated carbocycles. The van der Waals surface area contributed by atoms with Gasteiger partial charge in [0.05, 0.1) is 11.4 Å². The van der Waals surface area contributed by atoms with E-state index in [0.29, 0.717) is 17.4 Å². The minimum Gasteiger partial charge on any atom is -0.341 e.